The Kier molecular flexibility index (Phi) is 3.64. The molecule has 0 aliphatic carbocycles. The fourth-order valence-electron chi connectivity index (χ4n) is 1.22. The summed E-state index contributed by atoms with van der Waals surface area (Å²) in [6, 6.07) is 7.17. The summed E-state index contributed by atoms with van der Waals surface area (Å²) in [6.07, 6.45) is 0. The highest BCUT2D eigenvalue weighted by atomic mass is 35.5. The molecule has 1 aromatic carbocycles. The quantitative estimate of drug-likeness (QED) is 0.889. The fourth-order valence-corrected chi connectivity index (χ4v) is 1.50. The normalized spacial score (nSPS) is 10.1. The Balaban J connectivity index is 2.16. The Hall–Kier alpha value is -1.85. The molecule has 0 aliphatic heterocycles. The number of nitrogens with one attached hydrogen (secondary N) is 1. The van der Waals surface area contributed by atoms with Crippen LogP contribution in [0.25, 0.3) is 0 Å². The number of amides is 1. The van der Waals surface area contributed by atoms with Crippen LogP contribution in [-0.2, 0) is 0 Å². The van der Waals surface area contributed by atoms with Gasteiger partial charge >= 0.3 is 0 Å². The van der Waals surface area contributed by atoms with Gasteiger partial charge in [-0.05, 0) is 30.3 Å². The second-order valence-electron chi connectivity index (χ2n) is 3.36. The lowest BCUT2D eigenvalue weighted by Gasteiger charge is -2.04. The second kappa shape index (κ2) is 5.20. The molecule has 0 unspecified atom stereocenters. The molecule has 0 radical (unpaired) electrons. The summed E-state index contributed by atoms with van der Waals surface area (Å²) in [5, 5.41) is 19.4. The molecule has 7 heteroatoms. The minimum Gasteiger partial charge on any atom is -0.506 e. The van der Waals surface area contributed by atoms with Crippen molar-refractivity contribution in [3.63, 3.8) is 0 Å². The molecule has 0 spiro atoms. The molecule has 1 amide bonds. The molecule has 1 heterocycles. The van der Waals surface area contributed by atoms with E-state index in [4.69, 9.17) is 23.2 Å². The Morgan fingerprint density at radius 2 is 1.94 bits per heavy atom. The maximum absolute atomic E-state index is 11.8. The largest absolute Gasteiger partial charge is 0.506 e. The van der Waals surface area contributed by atoms with Crippen molar-refractivity contribution in [2.75, 3.05) is 5.32 Å². The fraction of sp³-hybridized carbons (Fsp3) is 0. The van der Waals surface area contributed by atoms with E-state index in [0.717, 1.165) is 0 Å². The summed E-state index contributed by atoms with van der Waals surface area (Å²) >= 11 is 11.3. The lowest BCUT2D eigenvalue weighted by Crippen LogP contribution is -2.13. The van der Waals surface area contributed by atoms with Crippen LogP contribution in [0.15, 0.2) is 30.3 Å². The minimum atomic E-state index is -0.409. The number of rotatable bonds is 2. The number of phenolic OH excluding ortho intramolecular Hbond substituents is 1. The molecule has 0 saturated carbocycles. The number of hydrogen-bond acceptors (Lipinski definition) is 4. The zero-order valence-corrected chi connectivity index (χ0v) is 10.4. The number of nitrogens with zero attached hydrogens (tertiary/aromatic N) is 2. The smallest absolute Gasteiger partial charge is 0.256 e. The van der Waals surface area contributed by atoms with Crippen molar-refractivity contribution < 1.29 is 9.90 Å². The van der Waals surface area contributed by atoms with E-state index in [0.29, 0.717) is 5.56 Å². The van der Waals surface area contributed by atoms with Crippen LogP contribution in [-0.4, -0.2) is 21.2 Å². The van der Waals surface area contributed by atoms with E-state index < -0.39 is 5.91 Å². The Morgan fingerprint density at radius 1 is 1.17 bits per heavy atom. The molecule has 2 N–H and O–H groups in total. The molecule has 0 aliphatic rings. The van der Waals surface area contributed by atoms with Crippen molar-refractivity contribution in [1.29, 1.82) is 0 Å². The number of anilines is 1. The van der Waals surface area contributed by atoms with E-state index in [2.05, 4.69) is 15.5 Å². The first-order valence-electron chi connectivity index (χ1n) is 4.85. The number of carbonyl (C=O) groups is 1. The molecule has 0 fully saturated rings. The number of halogens is 2. The first kappa shape index (κ1) is 12.6. The maximum Gasteiger partial charge on any atom is 0.256 e. The van der Waals surface area contributed by atoms with Crippen molar-refractivity contribution in [3.05, 3.63) is 46.1 Å². The number of benzene rings is 1. The summed E-state index contributed by atoms with van der Waals surface area (Å²) in [4.78, 5) is 11.8. The molecule has 5 nitrogen and oxygen atoms in total. The molecule has 92 valence electrons. The van der Waals surface area contributed by atoms with Crippen LogP contribution in [0.3, 0.4) is 0 Å². The monoisotopic (exact) mass is 283 g/mol. The van der Waals surface area contributed by atoms with Crippen molar-refractivity contribution >= 4 is 34.9 Å². The SMILES string of the molecule is O=C(Nc1ccc(Cl)nn1)c1ccc(O)c(Cl)c1. The Morgan fingerprint density at radius 3 is 2.56 bits per heavy atom. The highest BCUT2D eigenvalue weighted by molar-refractivity contribution is 6.32. The number of carbonyl (C=O) groups excluding carboxylic acids is 1. The molecule has 1 aromatic heterocycles. The van der Waals surface area contributed by atoms with Gasteiger partial charge in [0, 0.05) is 5.56 Å². The van der Waals surface area contributed by atoms with Crippen LogP contribution in [0, 0.1) is 0 Å². The number of aromatic nitrogens is 2. The summed E-state index contributed by atoms with van der Waals surface area (Å²) in [6.45, 7) is 0. The van der Waals surface area contributed by atoms with Gasteiger partial charge in [0.2, 0.25) is 0 Å². The van der Waals surface area contributed by atoms with Gasteiger partial charge in [-0.1, -0.05) is 23.2 Å². The third-order valence-corrected chi connectivity index (χ3v) is 2.59. The van der Waals surface area contributed by atoms with Gasteiger partial charge in [-0.25, -0.2) is 0 Å². The molecular formula is C11H7Cl2N3O2. The van der Waals surface area contributed by atoms with Crippen molar-refractivity contribution in [2.45, 2.75) is 0 Å². The molecule has 0 atom stereocenters. The van der Waals surface area contributed by atoms with Crippen molar-refractivity contribution in [1.82, 2.24) is 10.2 Å². The predicted molar refractivity (Wildman–Crippen MR) is 68.1 cm³/mol. The summed E-state index contributed by atoms with van der Waals surface area (Å²) in [5.74, 6) is -0.221. The molecule has 0 bridgehead atoms. The van der Waals surface area contributed by atoms with E-state index in [1.54, 1.807) is 0 Å². The van der Waals surface area contributed by atoms with Crippen LogP contribution in [0.5, 0.6) is 5.75 Å². The van der Waals surface area contributed by atoms with Gasteiger partial charge < -0.3 is 10.4 Å². The van der Waals surface area contributed by atoms with Gasteiger partial charge in [-0.3, -0.25) is 4.79 Å². The lowest BCUT2D eigenvalue weighted by atomic mass is 10.2. The minimum absolute atomic E-state index is 0.0838. The topological polar surface area (TPSA) is 75.1 Å². The molecular weight excluding hydrogens is 277 g/mol. The number of hydrogen-bond donors (Lipinski definition) is 2. The van der Waals surface area contributed by atoms with Crippen molar-refractivity contribution in [2.24, 2.45) is 0 Å². The van der Waals surface area contributed by atoms with E-state index in [9.17, 15) is 9.90 Å². The molecule has 0 saturated heterocycles. The lowest BCUT2D eigenvalue weighted by molar-refractivity contribution is 0.102. The van der Waals surface area contributed by atoms with Crippen LogP contribution in [0.1, 0.15) is 10.4 Å². The summed E-state index contributed by atoms with van der Waals surface area (Å²) in [7, 11) is 0. The standard InChI is InChI=1S/C11H7Cl2N3O2/c12-7-5-6(1-2-8(7)17)11(18)14-10-4-3-9(13)15-16-10/h1-5,17H,(H,14,16,18). The zero-order valence-electron chi connectivity index (χ0n) is 8.89. The van der Waals surface area contributed by atoms with Gasteiger partial charge in [0.1, 0.15) is 5.75 Å². The highest BCUT2D eigenvalue weighted by Gasteiger charge is 2.09. The average molecular weight is 284 g/mol. The number of phenols is 1. The Bertz CT molecular complexity index is 587. The molecule has 2 rings (SSSR count). The predicted octanol–water partition coefficient (Wildman–Crippen LogP) is 2.74. The van der Waals surface area contributed by atoms with E-state index >= 15 is 0 Å². The van der Waals surface area contributed by atoms with E-state index in [1.165, 1.54) is 30.3 Å². The third-order valence-electron chi connectivity index (χ3n) is 2.08. The van der Waals surface area contributed by atoms with E-state index in [1.807, 2.05) is 0 Å². The van der Waals surface area contributed by atoms with Crippen LogP contribution >= 0.6 is 23.2 Å². The average Bonchev–Trinajstić information content (AvgIpc) is 2.35. The highest BCUT2D eigenvalue weighted by Crippen LogP contribution is 2.23. The van der Waals surface area contributed by atoms with Crippen LogP contribution in [0.4, 0.5) is 5.82 Å². The number of aromatic hydroxyl groups is 1. The van der Waals surface area contributed by atoms with Gasteiger partial charge in [-0.15, -0.1) is 10.2 Å². The third kappa shape index (κ3) is 2.88. The second-order valence-corrected chi connectivity index (χ2v) is 4.16. The summed E-state index contributed by atoms with van der Waals surface area (Å²) < 4.78 is 0. The van der Waals surface area contributed by atoms with Gasteiger partial charge in [0.15, 0.2) is 11.0 Å². The first-order valence-corrected chi connectivity index (χ1v) is 5.61. The van der Waals surface area contributed by atoms with Gasteiger partial charge in [-0.2, -0.15) is 0 Å². The molecule has 2 aromatic rings. The Labute approximate surface area is 112 Å². The maximum atomic E-state index is 11.8. The van der Waals surface area contributed by atoms with Gasteiger partial charge in [0.25, 0.3) is 5.91 Å². The summed E-state index contributed by atoms with van der Waals surface area (Å²) in [5.41, 5.74) is 0.301. The van der Waals surface area contributed by atoms with Gasteiger partial charge in [0.05, 0.1) is 5.02 Å². The van der Waals surface area contributed by atoms with Crippen molar-refractivity contribution in [3.8, 4) is 5.75 Å². The molecule has 18 heavy (non-hydrogen) atoms. The first-order chi connectivity index (χ1) is 8.56. The van der Waals surface area contributed by atoms with Crippen LogP contribution in [0.2, 0.25) is 10.2 Å². The zero-order chi connectivity index (χ0) is 13.1. The van der Waals surface area contributed by atoms with Crippen LogP contribution < -0.4 is 5.32 Å². The van der Waals surface area contributed by atoms with E-state index in [-0.39, 0.29) is 21.7 Å².